The molecule has 0 aliphatic carbocycles. The summed E-state index contributed by atoms with van der Waals surface area (Å²) in [7, 11) is 1.68. The van der Waals surface area contributed by atoms with Gasteiger partial charge in [-0.25, -0.2) is 9.50 Å². The van der Waals surface area contributed by atoms with E-state index in [2.05, 4.69) is 58.3 Å². The van der Waals surface area contributed by atoms with Crippen LogP contribution in [0.1, 0.15) is 21.5 Å². The minimum atomic E-state index is -0.0143. The van der Waals surface area contributed by atoms with Crippen molar-refractivity contribution in [3.05, 3.63) is 83.7 Å². The molecule has 1 fully saturated rings. The fourth-order valence-electron chi connectivity index (χ4n) is 4.29. The summed E-state index contributed by atoms with van der Waals surface area (Å²) < 4.78 is 7.09. The average Bonchev–Trinajstić information content (AvgIpc) is 3.29. The Labute approximate surface area is 193 Å². The van der Waals surface area contributed by atoms with Crippen molar-refractivity contribution in [1.82, 2.24) is 24.4 Å². The van der Waals surface area contributed by atoms with Crippen molar-refractivity contribution < 1.29 is 9.53 Å². The van der Waals surface area contributed by atoms with Crippen LogP contribution in [0.4, 0.5) is 0 Å². The zero-order valence-electron chi connectivity index (χ0n) is 18.9. The first-order valence-corrected chi connectivity index (χ1v) is 11.2. The van der Waals surface area contributed by atoms with E-state index in [0.29, 0.717) is 24.3 Å². The molecule has 0 bridgehead atoms. The third kappa shape index (κ3) is 4.32. The highest BCUT2D eigenvalue weighted by Crippen LogP contribution is 2.23. The van der Waals surface area contributed by atoms with E-state index in [1.807, 2.05) is 23.1 Å². The second-order valence-electron chi connectivity index (χ2n) is 8.41. The average molecular weight is 442 g/mol. The van der Waals surface area contributed by atoms with Crippen molar-refractivity contribution in [2.24, 2.45) is 0 Å². The summed E-state index contributed by atoms with van der Waals surface area (Å²) in [6.45, 7) is 5.91. The number of nitrogens with zero attached hydrogens (tertiary/aromatic N) is 5. The SMILES string of the molecule is COc1cccc(CN2CCN(C(=O)c3cnn4c(-c5ccc(C)cc5)ccnc34)CC2)c1. The number of aromatic nitrogens is 3. The van der Waals surface area contributed by atoms with Gasteiger partial charge in [-0.3, -0.25) is 9.69 Å². The molecule has 1 aliphatic rings. The van der Waals surface area contributed by atoms with Crippen LogP contribution in [0.5, 0.6) is 5.75 Å². The van der Waals surface area contributed by atoms with Gasteiger partial charge in [-0.2, -0.15) is 5.10 Å². The lowest BCUT2D eigenvalue weighted by molar-refractivity contribution is 0.0630. The van der Waals surface area contributed by atoms with Crippen molar-refractivity contribution in [3.8, 4) is 17.0 Å². The zero-order valence-corrected chi connectivity index (χ0v) is 18.9. The van der Waals surface area contributed by atoms with Crippen molar-refractivity contribution in [3.63, 3.8) is 0 Å². The molecule has 0 radical (unpaired) electrons. The Balaban J connectivity index is 1.30. The molecule has 3 heterocycles. The van der Waals surface area contributed by atoms with E-state index >= 15 is 0 Å². The molecular formula is C26H27N5O2. The van der Waals surface area contributed by atoms with E-state index in [1.54, 1.807) is 24.0 Å². The zero-order chi connectivity index (χ0) is 22.8. The van der Waals surface area contributed by atoms with E-state index in [0.717, 1.165) is 36.6 Å². The van der Waals surface area contributed by atoms with Crippen molar-refractivity contribution in [2.45, 2.75) is 13.5 Å². The van der Waals surface area contributed by atoms with Crippen LogP contribution in [0, 0.1) is 6.92 Å². The van der Waals surface area contributed by atoms with Gasteiger partial charge in [0.1, 0.15) is 11.3 Å². The number of fused-ring (bicyclic) bond motifs is 1. The molecule has 0 spiro atoms. The maximum atomic E-state index is 13.3. The number of methoxy groups -OCH3 is 1. The molecular weight excluding hydrogens is 414 g/mol. The first-order chi connectivity index (χ1) is 16.1. The molecule has 0 atom stereocenters. The summed E-state index contributed by atoms with van der Waals surface area (Å²) in [4.78, 5) is 22.1. The third-order valence-electron chi connectivity index (χ3n) is 6.18. The summed E-state index contributed by atoms with van der Waals surface area (Å²) in [6.07, 6.45) is 3.39. The lowest BCUT2D eigenvalue weighted by atomic mass is 10.1. The molecule has 1 aliphatic heterocycles. The minimum Gasteiger partial charge on any atom is -0.497 e. The Bertz CT molecular complexity index is 1270. The fraction of sp³-hybridized carbons (Fsp3) is 0.269. The van der Waals surface area contributed by atoms with Crippen LogP contribution in [0.25, 0.3) is 16.9 Å². The lowest BCUT2D eigenvalue weighted by Gasteiger charge is -2.34. The summed E-state index contributed by atoms with van der Waals surface area (Å²) in [5.74, 6) is 0.853. The monoisotopic (exact) mass is 441 g/mol. The second kappa shape index (κ2) is 9.03. The molecule has 2 aromatic carbocycles. The number of piperazine rings is 1. The topological polar surface area (TPSA) is 63.0 Å². The van der Waals surface area contributed by atoms with Crippen LogP contribution in [0.3, 0.4) is 0 Å². The van der Waals surface area contributed by atoms with Crippen LogP contribution in [0.15, 0.2) is 67.0 Å². The van der Waals surface area contributed by atoms with Gasteiger partial charge in [0.15, 0.2) is 5.65 Å². The lowest BCUT2D eigenvalue weighted by Crippen LogP contribution is -2.48. The first-order valence-electron chi connectivity index (χ1n) is 11.2. The second-order valence-corrected chi connectivity index (χ2v) is 8.41. The van der Waals surface area contributed by atoms with Crippen molar-refractivity contribution in [1.29, 1.82) is 0 Å². The van der Waals surface area contributed by atoms with Gasteiger partial charge in [0, 0.05) is 44.5 Å². The molecule has 2 aromatic heterocycles. The molecule has 1 saturated heterocycles. The van der Waals surface area contributed by atoms with Gasteiger partial charge >= 0.3 is 0 Å². The molecule has 33 heavy (non-hydrogen) atoms. The van der Waals surface area contributed by atoms with Gasteiger partial charge in [-0.1, -0.05) is 42.0 Å². The highest BCUT2D eigenvalue weighted by Gasteiger charge is 2.25. The molecule has 168 valence electrons. The number of aryl methyl sites for hydroxylation is 1. The third-order valence-corrected chi connectivity index (χ3v) is 6.18. The standard InChI is InChI=1S/C26H27N5O2/c1-19-6-8-21(9-7-19)24-10-11-27-25-23(17-28-31(24)25)26(32)30-14-12-29(13-15-30)18-20-4-3-5-22(16-20)33-2/h3-11,16-17H,12-15,18H2,1-2H3. The molecule has 7 heteroatoms. The summed E-state index contributed by atoms with van der Waals surface area (Å²) in [5.41, 5.74) is 5.51. The highest BCUT2D eigenvalue weighted by atomic mass is 16.5. The van der Waals surface area contributed by atoms with Crippen molar-refractivity contribution >= 4 is 11.6 Å². The number of carbonyl (C=O) groups is 1. The predicted molar refractivity (Wildman–Crippen MR) is 127 cm³/mol. The number of ether oxygens (including phenoxy) is 1. The maximum absolute atomic E-state index is 13.3. The van der Waals surface area contributed by atoms with Crippen LogP contribution < -0.4 is 4.74 Å². The Morgan fingerprint density at radius 3 is 2.58 bits per heavy atom. The van der Waals surface area contributed by atoms with Crippen LogP contribution in [0.2, 0.25) is 0 Å². The van der Waals surface area contributed by atoms with E-state index < -0.39 is 0 Å². The number of hydrogen-bond acceptors (Lipinski definition) is 5. The quantitative estimate of drug-likeness (QED) is 0.473. The highest BCUT2D eigenvalue weighted by molar-refractivity contribution is 6.00. The van der Waals surface area contributed by atoms with Gasteiger partial charge in [0.2, 0.25) is 0 Å². The summed E-state index contributed by atoms with van der Waals surface area (Å²) in [6, 6.07) is 18.3. The van der Waals surface area contributed by atoms with Gasteiger partial charge in [0.25, 0.3) is 5.91 Å². The smallest absolute Gasteiger partial charge is 0.259 e. The Hall–Kier alpha value is -3.71. The number of amides is 1. The number of carbonyl (C=O) groups excluding carboxylic acids is 1. The van der Waals surface area contributed by atoms with Crippen molar-refractivity contribution in [2.75, 3.05) is 33.3 Å². The molecule has 0 unspecified atom stereocenters. The predicted octanol–water partition coefficient (Wildman–Crippen LogP) is 3.67. The van der Waals surface area contributed by atoms with E-state index in [9.17, 15) is 4.79 Å². The normalized spacial score (nSPS) is 14.5. The Morgan fingerprint density at radius 1 is 1.03 bits per heavy atom. The maximum Gasteiger partial charge on any atom is 0.259 e. The number of hydrogen-bond donors (Lipinski definition) is 0. The van der Waals surface area contributed by atoms with Crippen LogP contribution in [-0.4, -0.2) is 63.6 Å². The van der Waals surface area contributed by atoms with Gasteiger partial charge in [0.05, 0.1) is 19.0 Å². The van der Waals surface area contributed by atoms with Gasteiger partial charge in [-0.05, 0) is 30.7 Å². The summed E-state index contributed by atoms with van der Waals surface area (Å²) >= 11 is 0. The first kappa shape index (κ1) is 21.2. The Morgan fingerprint density at radius 2 is 1.82 bits per heavy atom. The fourth-order valence-corrected chi connectivity index (χ4v) is 4.29. The molecule has 4 aromatic rings. The molecule has 5 rings (SSSR count). The van der Waals surface area contributed by atoms with E-state index in [-0.39, 0.29) is 5.91 Å². The Kier molecular flexibility index (Phi) is 5.79. The molecule has 7 nitrogen and oxygen atoms in total. The van der Waals surface area contributed by atoms with Crippen LogP contribution in [-0.2, 0) is 6.54 Å². The number of rotatable bonds is 5. The van der Waals surface area contributed by atoms with Crippen LogP contribution >= 0.6 is 0 Å². The summed E-state index contributed by atoms with van der Waals surface area (Å²) in [5, 5.41) is 4.50. The largest absolute Gasteiger partial charge is 0.497 e. The minimum absolute atomic E-state index is 0.0143. The molecule has 1 amide bonds. The van der Waals surface area contributed by atoms with Gasteiger partial charge in [-0.15, -0.1) is 0 Å². The van der Waals surface area contributed by atoms with E-state index in [4.69, 9.17) is 4.74 Å². The molecule has 0 N–H and O–H groups in total. The number of benzene rings is 2. The van der Waals surface area contributed by atoms with Gasteiger partial charge < -0.3 is 9.64 Å². The molecule has 0 saturated carbocycles. The van der Waals surface area contributed by atoms with E-state index in [1.165, 1.54) is 11.1 Å².